The monoisotopic (exact) mass is 505 g/mol. The predicted molar refractivity (Wildman–Crippen MR) is 138 cm³/mol. The van der Waals surface area contributed by atoms with Crippen molar-refractivity contribution in [3.8, 4) is 17.0 Å². The molecule has 11 nitrogen and oxygen atoms in total. The number of nitrogens with zero attached hydrogens (tertiary/aromatic N) is 5. The summed E-state index contributed by atoms with van der Waals surface area (Å²) in [7, 11) is -2.90. The molecule has 0 saturated carbocycles. The highest BCUT2D eigenvalue weighted by atomic mass is 32.2. The number of hydrogen-bond donors (Lipinski definition) is 4. The van der Waals surface area contributed by atoms with Gasteiger partial charge in [-0.2, -0.15) is 5.10 Å². The van der Waals surface area contributed by atoms with Crippen LogP contribution in [0.2, 0.25) is 0 Å². The number of nitrogens with one attached hydrogen (secondary N) is 1. The van der Waals surface area contributed by atoms with Crippen LogP contribution in [0, 0.1) is 0 Å². The van der Waals surface area contributed by atoms with E-state index >= 15 is 0 Å². The lowest BCUT2D eigenvalue weighted by atomic mass is 10.1. The topological polar surface area (TPSA) is 156 Å². The van der Waals surface area contributed by atoms with Crippen LogP contribution >= 0.6 is 0 Å². The first-order chi connectivity index (χ1) is 17.4. The van der Waals surface area contributed by atoms with Crippen LogP contribution in [0.15, 0.2) is 73.7 Å². The maximum Gasteiger partial charge on any atom is 0.247 e. The van der Waals surface area contributed by atoms with Crippen LogP contribution in [0.4, 0.5) is 11.5 Å². The summed E-state index contributed by atoms with van der Waals surface area (Å²) < 4.78 is 26.4. The minimum absolute atomic E-state index is 0.0862. The van der Waals surface area contributed by atoms with E-state index < -0.39 is 16.8 Å². The van der Waals surface area contributed by atoms with Crippen molar-refractivity contribution in [2.24, 2.45) is 0 Å². The Kier molecular flexibility index (Phi) is 7.25. The van der Waals surface area contributed by atoms with Crippen molar-refractivity contribution in [3.63, 3.8) is 0 Å². The van der Waals surface area contributed by atoms with Crippen molar-refractivity contribution in [2.45, 2.75) is 6.54 Å². The van der Waals surface area contributed by atoms with Gasteiger partial charge in [-0.3, -0.25) is 9.10 Å². The second kappa shape index (κ2) is 10.7. The van der Waals surface area contributed by atoms with Crippen LogP contribution in [-0.2, 0) is 22.2 Å². The lowest BCUT2D eigenvalue weighted by Crippen LogP contribution is -2.21. The number of nitrogen functional groups attached to an aromatic ring is 1. The van der Waals surface area contributed by atoms with Crippen LogP contribution in [0.1, 0.15) is 5.56 Å². The first kappa shape index (κ1) is 24.4. The van der Waals surface area contributed by atoms with E-state index in [0.717, 1.165) is 11.6 Å². The van der Waals surface area contributed by atoms with Gasteiger partial charge in [-0.1, -0.05) is 36.9 Å². The summed E-state index contributed by atoms with van der Waals surface area (Å²) in [6, 6.07) is 13.8. The van der Waals surface area contributed by atoms with Crippen LogP contribution < -0.4 is 11.1 Å². The number of phenols is 1. The number of carbonyl (C=O) groups is 1. The molecule has 0 atom stereocenters. The van der Waals surface area contributed by atoms with Crippen LogP contribution in [-0.4, -0.2) is 50.0 Å². The number of hydrogen-bond acceptors (Lipinski definition) is 8. The molecule has 0 spiro atoms. The first-order valence-corrected chi connectivity index (χ1v) is 11.9. The number of fused-ring (bicyclic) bond motifs is 1. The molecular formula is C24H23N7O4S. The fraction of sp³-hybridized carbons (Fsp3) is 0.0833. The number of thiol groups is 1. The molecule has 0 fully saturated rings. The minimum atomic E-state index is -2.90. The quantitative estimate of drug-likeness (QED) is 0.200. The molecule has 184 valence electrons. The van der Waals surface area contributed by atoms with Crippen molar-refractivity contribution >= 4 is 45.4 Å². The van der Waals surface area contributed by atoms with Gasteiger partial charge >= 0.3 is 0 Å². The molecule has 2 aromatic heterocycles. The Morgan fingerprint density at radius 3 is 2.69 bits per heavy atom. The van der Waals surface area contributed by atoms with E-state index in [2.05, 4.69) is 27.0 Å². The Morgan fingerprint density at radius 1 is 1.19 bits per heavy atom. The number of aromatic hydroxyl groups is 1. The lowest BCUT2D eigenvalue weighted by Gasteiger charge is -2.12. The Bertz CT molecular complexity index is 1520. The van der Waals surface area contributed by atoms with E-state index in [1.807, 2.05) is 30.3 Å². The average Bonchev–Trinajstić information content (AvgIpc) is 3.24. The molecule has 0 aliphatic rings. The number of phenolic OH excluding ortho intramolecular Hbond substituents is 1. The number of nitrogens with two attached hydrogens (primary N) is 1. The molecule has 12 heteroatoms. The van der Waals surface area contributed by atoms with Gasteiger partial charge in [-0.05, 0) is 29.8 Å². The van der Waals surface area contributed by atoms with Crippen LogP contribution in [0.3, 0.4) is 0 Å². The van der Waals surface area contributed by atoms with Gasteiger partial charge in [0.2, 0.25) is 16.8 Å². The summed E-state index contributed by atoms with van der Waals surface area (Å²) in [4.78, 5) is 20.1. The summed E-state index contributed by atoms with van der Waals surface area (Å²) in [6.07, 6.45) is 5.59. The van der Waals surface area contributed by atoms with Gasteiger partial charge in [0.05, 0.1) is 18.5 Å². The lowest BCUT2D eigenvalue weighted by molar-refractivity contribution is -0.111. The fourth-order valence-corrected chi connectivity index (χ4v) is 3.97. The van der Waals surface area contributed by atoms with E-state index in [0.29, 0.717) is 28.0 Å². The molecule has 0 aliphatic carbocycles. The summed E-state index contributed by atoms with van der Waals surface area (Å²) in [5.74, 6) is -0.386. The zero-order chi connectivity index (χ0) is 25.7. The average molecular weight is 506 g/mol. The minimum Gasteiger partial charge on any atom is -0.508 e. The third-order valence-electron chi connectivity index (χ3n) is 5.19. The number of anilines is 2. The van der Waals surface area contributed by atoms with Crippen molar-refractivity contribution in [1.82, 2.24) is 24.1 Å². The van der Waals surface area contributed by atoms with E-state index in [-0.39, 0.29) is 24.7 Å². The molecule has 4 aromatic rings. The number of amides is 1. The van der Waals surface area contributed by atoms with Crippen molar-refractivity contribution in [1.29, 1.82) is 0 Å². The molecular weight excluding hydrogens is 482 g/mol. The summed E-state index contributed by atoms with van der Waals surface area (Å²) >= 11 is 0. The molecule has 0 aliphatic heterocycles. The van der Waals surface area contributed by atoms with E-state index in [1.54, 1.807) is 12.1 Å². The highest BCUT2D eigenvalue weighted by Gasteiger charge is 2.19. The van der Waals surface area contributed by atoms with Crippen molar-refractivity contribution in [3.05, 3.63) is 79.3 Å². The molecule has 4 rings (SSSR count). The largest absolute Gasteiger partial charge is 0.508 e. The van der Waals surface area contributed by atoms with Gasteiger partial charge in [-0.15, -0.1) is 0 Å². The van der Waals surface area contributed by atoms with Gasteiger partial charge in [0.1, 0.15) is 23.6 Å². The third kappa shape index (κ3) is 5.50. The van der Waals surface area contributed by atoms with Crippen LogP contribution in [0.5, 0.6) is 5.75 Å². The maximum atomic E-state index is 11.8. The molecule has 1 amide bonds. The van der Waals surface area contributed by atoms with Gasteiger partial charge in [0, 0.05) is 23.5 Å². The van der Waals surface area contributed by atoms with Crippen LogP contribution in [0.25, 0.3) is 28.4 Å². The van der Waals surface area contributed by atoms with E-state index in [1.165, 1.54) is 33.6 Å². The molecule has 0 saturated heterocycles. The van der Waals surface area contributed by atoms with Gasteiger partial charge in [0.25, 0.3) is 0 Å². The number of carbonyl (C=O) groups excluding carboxylic acids is 1. The maximum absolute atomic E-state index is 11.8. The Balaban J connectivity index is 1.68. The second-order valence-electron chi connectivity index (χ2n) is 7.62. The SMILES string of the molecule is C=CC(=O)Nc1cc(O)cc(-c2nn(CCN(C=Cc3ccccc3)[SH](=O)=O)c3ncnc(N)c23)c1. The zero-order valence-electron chi connectivity index (χ0n) is 19.0. The number of benzene rings is 2. The van der Waals surface area contributed by atoms with Gasteiger partial charge in [-0.25, -0.2) is 23.1 Å². The van der Waals surface area contributed by atoms with Gasteiger partial charge in [0.15, 0.2) is 5.65 Å². The first-order valence-electron chi connectivity index (χ1n) is 10.7. The molecule has 0 bridgehead atoms. The Morgan fingerprint density at radius 2 is 1.97 bits per heavy atom. The summed E-state index contributed by atoms with van der Waals surface area (Å²) in [6.45, 7) is 3.66. The van der Waals surface area contributed by atoms with Crippen molar-refractivity contribution in [2.75, 3.05) is 17.6 Å². The molecule has 0 unspecified atom stereocenters. The number of rotatable bonds is 9. The highest BCUT2D eigenvalue weighted by molar-refractivity contribution is 7.70. The molecule has 36 heavy (non-hydrogen) atoms. The van der Waals surface area contributed by atoms with Gasteiger partial charge < -0.3 is 16.2 Å². The summed E-state index contributed by atoms with van der Waals surface area (Å²) in [5, 5.41) is 17.8. The standard InChI is InChI=1S/C24H23N7O4S/c1-2-20(33)28-18-12-17(13-19(32)14-18)22-21-23(25)26-15-27-24(21)31(29-22)11-10-30(36(34)35)9-8-16-6-4-3-5-7-16/h2-9,12-15,32,36H,1,10-11H2,(H,28,33)(H2,25,26,27). The Hall–Kier alpha value is -4.71. The number of aromatic nitrogens is 4. The summed E-state index contributed by atoms with van der Waals surface area (Å²) in [5.41, 5.74) is 8.53. The fourth-order valence-electron chi connectivity index (χ4n) is 3.55. The molecule has 0 radical (unpaired) electrons. The second-order valence-corrected chi connectivity index (χ2v) is 8.61. The highest BCUT2D eigenvalue weighted by Crippen LogP contribution is 2.34. The van der Waals surface area contributed by atoms with Crippen molar-refractivity contribution < 1.29 is 18.3 Å². The third-order valence-corrected chi connectivity index (χ3v) is 5.94. The van der Waals surface area contributed by atoms with E-state index in [4.69, 9.17) is 5.73 Å². The molecule has 2 heterocycles. The Labute approximate surface area is 208 Å². The normalized spacial score (nSPS) is 11.2. The zero-order valence-corrected chi connectivity index (χ0v) is 19.9. The van der Waals surface area contributed by atoms with E-state index in [9.17, 15) is 18.3 Å². The molecule has 2 aromatic carbocycles. The predicted octanol–water partition coefficient (Wildman–Crippen LogP) is 2.40. The molecule has 4 N–H and O–H groups in total. The smallest absolute Gasteiger partial charge is 0.247 e.